The topological polar surface area (TPSA) is 502 Å². The molecule has 2 saturated heterocycles. The minimum absolute atomic E-state index is 0.00225. The van der Waals surface area contributed by atoms with Crippen LogP contribution in [0.15, 0.2) is 12.1 Å². The van der Waals surface area contributed by atoms with Gasteiger partial charge in [-0.05, 0) is 206 Å². The third-order valence-corrected chi connectivity index (χ3v) is 28.4. The molecular weight excluding hydrogens is 1530 g/mol. The molecule has 1 aromatic carbocycles. The number of alkyl halides is 2. The number of ether oxygens (including phenoxy) is 4. The molecule has 32 nitrogen and oxygen atoms in total. The number of amides is 8. The zero-order valence-corrected chi connectivity index (χ0v) is 68.1. The molecule has 6 aliphatic heterocycles. The molecule has 15 bridgehead atoms. The van der Waals surface area contributed by atoms with E-state index < -0.39 is 234 Å². The molecule has 6 unspecified atom stereocenters. The van der Waals surface area contributed by atoms with Crippen molar-refractivity contribution in [2.45, 2.75) is 307 Å². The third kappa shape index (κ3) is 20.7. The fraction of sp³-hybridized carbons (Fsp3) is 0.827. The quantitative estimate of drug-likeness (QED) is 0.0439. The Morgan fingerprint density at radius 3 is 1.82 bits per heavy atom. The fourth-order valence-electron chi connectivity index (χ4n) is 21.4. The number of aliphatic hydroxyl groups excluding tert-OH is 9. The van der Waals surface area contributed by atoms with Gasteiger partial charge < -0.3 is 124 Å². The van der Waals surface area contributed by atoms with E-state index >= 15 is 28.8 Å². The second-order valence-corrected chi connectivity index (χ2v) is 36.9. The van der Waals surface area contributed by atoms with Crippen molar-refractivity contribution in [3.63, 3.8) is 0 Å². The molecular formula is C81H127Cl2N11O21. The van der Waals surface area contributed by atoms with Gasteiger partial charge in [-0.25, -0.2) is 0 Å². The summed E-state index contributed by atoms with van der Waals surface area (Å²) in [7, 11) is 1.54. The first kappa shape index (κ1) is 88.7. The summed E-state index contributed by atoms with van der Waals surface area (Å²) in [6, 6.07) is -9.88. The summed E-state index contributed by atoms with van der Waals surface area (Å²) in [6.45, 7) is 7.03. The highest BCUT2D eigenvalue weighted by Gasteiger charge is 2.58. The molecule has 15 rings (SSSR count). The Balaban J connectivity index is 0.963. The summed E-state index contributed by atoms with van der Waals surface area (Å²) in [5.41, 5.74) is 5.63. The molecule has 8 saturated carbocycles. The monoisotopic (exact) mass is 1660 g/mol. The van der Waals surface area contributed by atoms with Crippen molar-refractivity contribution < 1.29 is 103 Å². The number of fused-ring (bicyclic) bond motifs is 15. The van der Waals surface area contributed by atoms with E-state index in [4.69, 9.17) is 47.9 Å². The van der Waals surface area contributed by atoms with E-state index in [0.29, 0.717) is 24.9 Å². The van der Waals surface area contributed by atoms with Gasteiger partial charge in [0.2, 0.25) is 59.3 Å². The predicted octanol–water partition coefficient (Wildman–Crippen LogP) is -0.350. The number of halogens is 2. The van der Waals surface area contributed by atoms with Gasteiger partial charge in [-0.15, -0.1) is 23.2 Å². The van der Waals surface area contributed by atoms with Crippen LogP contribution in [0.25, 0.3) is 0 Å². The molecule has 21 N–H and O–H groups in total. The van der Waals surface area contributed by atoms with Gasteiger partial charge in [-0.1, -0.05) is 59.3 Å². The summed E-state index contributed by atoms with van der Waals surface area (Å²) in [4.78, 5) is 123. The summed E-state index contributed by atoms with van der Waals surface area (Å²) in [6.07, 6.45) is -7.38. The molecule has 10 fully saturated rings. The lowest BCUT2D eigenvalue weighted by atomic mass is 9.54. The van der Waals surface area contributed by atoms with Gasteiger partial charge in [-0.3, -0.25) is 38.4 Å². The van der Waals surface area contributed by atoms with Crippen LogP contribution >= 0.6 is 23.2 Å². The molecule has 0 radical (unpaired) electrons. The van der Waals surface area contributed by atoms with E-state index in [2.05, 4.69) is 60.1 Å². The molecule has 34 heteroatoms. The van der Waals surface area contributed by atoms with E-state index in [9.17, 15) is 55.5 Å². The smallest absolute Gasteiger partial charge is 0.247 e. The summed E-state index contributed by atoms with van der Waals surface area (Å²) in [5, 5.41) is 136. The lowest BCUT2D eigenvalue weighted by molar-refractivity contribution is -0.278. The maximum absolute atomic E-state index is 16.5. The van der Waals surface area contributed by atoms with Gasteiger partial charge in [0.1, 0.15) is 72.9 Å². The van der Waals surface area contributed by atoms with Crippen LogP contribution < -0.4 is 73.1 Å². The van der Waals surface area contributed by atoms with Crippen molar-refractivity contribution in [2.24, 2.45) is 76.7 Å². The summed E-state index contributed by atoms with van der Waals surface area (Å²) < 4.78 is 26.3. The predicted molar refractivity (Wildman–Crippen MR) is 419 cm³/mol. The van der Waals surface area contributed by atoms with Crippen LogP contribution in [-0.4, -0.2) is 260 Å². The first-order valence-electron chi connectivity index (χ1n) is 42.7. The van der Waals surface area contributed by atoms with Crippen molar-refractivity contribution in [1.29, 1.82) is 0 Å². The van der Waals surface area contributed by atoms with Gasteiger partial charge in [0.05, 0.1) is 60.3 Å². The number of rotatable bonds is 25. The van der Waals surface area contributed by atoms with Crippen molar-refractivity contribution in [2.75, 3.05) is 39.8 Å². The number of primary amides is 1. The Kier molecular flexibility index (Phi) is 30.7. The fourth-order valence-corrected chi connectivity index (χ4v) is 22.2. The second kappa shape index (κ2) is 39.8. The molecule has 646 valence electrons. The number of carbonyl (C=O) groups is 8. The van der Waals surface area contributed by atoms with E-state index in [1.54, 1.807) is 7.05 Å². The van der Waals surface area contributed by atoms with Crippen molar-refractivity contribution >= 4 is 70.5 Å². The number of nitrogens with one attached hydrogen (secondary N) is 10. The zero-order chi connectivity index (χ0) is 82.4. The van der Waals surface area contributed by atoms with Gasteiger partial charge in [0.15, 0.2) is 11.5 Å². The summed E-state index contributed by atoms with van der Waals surface area (Å²) >= 11 is 14.8. The maximum Gasteiger partial charge on any atom is 0.247 e. The first-order valence-corrected chi connectivity index (χ1v) is 43.6. The number of nitrogens with two attached hydrogens (primary N) is 1. The number of benzene rings is 1. The Morgan fingerprint density at radius 2 is 1.20 bits per heavy atom. The third-order valence-electron chi connectivity index (χ3n) is 27.4. The number of aliphatic hydroxyl groups is 9. The zero-order valence-electron chi connectivity index (χ0n) is 66.5. The largest absolute Gasteiger partial charge is 0.485 e. The Labute approximate surface area is 682 Å². The number of hydrogen-bond acceptors (Lipinski definition) is 24. The van der Waals surface area contributed by atoms with E-state index in [1.165, 1.54) is 37.8 Å². The molecule has 8 aliphatic carbocycles. The second-order valence-electron chi connectivity index (χ2n) is 35.8. The van der Waals surface area contributed by atoms with Crippen LogP contribution in [0.2, 0.25) is 0 Å². The van der Waals surface area contributed by atoms with Gasteiger partial charge in [0.25, 0.3) is 0 Å². The number of hydrogen-bond donors (Lipinski definition) is 20. The maximum atomic E-state index is 16.5. The van der Waals surface area contributed by atoms with Crippen LogP contribution in [0.5, 0.6) is 17.2 Å². The lowest BCUT2D eigenvalue weighted by Crippen LogP contribution is -2.68. The van der Waals surface area contributed by atoms with Gasteiger partial charge in [0, 0.05) is 31.6 Å². The van der Waals surface area contributed by atoms with Gasteiger partial charge >= 0.3 is 0 Å². The van der Waals surface area contributed by atoms with Gasteiger partial charge in [-0.2, -0.15) is 0 Å². The summed E-state index contributed by atoms with van der Waals surface area (Å²) in [5.74, 6) is -14.8. The molecule has 6 heterocycles. The lowest BCUT2D eigenvalue weighted by Gasteiger charge is -2.55. The normalized spacial score (nSPS) is 40.4. The minimum atomic E-state index is -2.13. The van der Waals surface area contributed by atoms with E-state index in [0.717, 1.165) is 57.9 Å². The number of carbonyl (C=O) groups excluding carboxylic acids is 8. The highest BCUT2D eigenvalue weighted by Crippen LogP contribution is 2.55. The highest BCUT2D eigenvalue weighted by atomic mass is 35.5. The molecule has 115 heavy (non-hydrogen) atoms. The van der Waals surface area contributed by atoms with Crippen LogP contribution in [0.3, 0.4) is 0 Å². The van der Waals surface area contributed by atoms with Crippen molar-refractivity contribution in [3.05, 3.63) is 17.7 Å². The SMILES string of the molecule is CCCCCCCCCNCCNCC1C(O)CC2C(C3C[C@H](CC[C@H]3O)[C@H]3NC(=O)[C@@H]4NC(=O)[C@H](CC(N)=O)NC(=O)[C@H](NC(=O)[C@@H](CC(C)C)NC)[C@H](O)[C@H]5CC[C@@H](Oc6cc4cc(c6O[C@@H]4O[C@H](CO)[C@@H](O)[C@H](O)[C@H]4O)O[C@@H]4CC[C@@H](CC4Cl)[C@@H](O)[C@H](NC3=O)C(=O)N[C@@H]2C(=O)NC2C3CC4CC(C3)CC2C4)[C@H](Cl)C5)[C@H]1O. The molecule has 28 atom stereocenters. The molecule has 14 aliphatic rings. The first-order chi connectivity index (χ1) is 55.0. The standard InChI is InChI=1S/C81H127Cl2N11O21/c1-5-6-7-8-9-10-11-18-86-19-20-87-34-47-53(97)32-46-60(69(47)101)45-27-39(12-15-52(45)96)62-76(107)94-66(80(111)92-64(46)78(109)89-61-42-23-37-22-38(25-42)26-43(61)24-37)68(100)41-14-17-55(49(83)29-41)113-57-31-44-30-56(73(57)115-81-72(104)71(103)70(102)58(35-95)114-81)112-54-16-13-40(28-48(54)82)67(99)65(93-74(105)50(85-4)21-36(2)3)79(110)88-51(33-59(84)98)75(106)90-63(44)77(108)91-62/h30-31,36-43,45-55,58,60-72,81,85-87,95-97,99-104H,5-29,32-35H2,1-4H3,(H2,84,98)(H,88,110)(H,89,109)(H,90,106)(H,91,108)(H,92,111)(H,93,105)(H,94,107)/t37?,38?,39-,40-,41-,42?,43?,45?,46?,47?,48+,49?,50+,51-,52+,53?,54+,55+,58+,60?,61?,62+,63+,64-,65+,66-,67+,68+,69-,70+,71-,72+,81-/m0/s1. The highest BCUT2D eigenvalue weighted by molar-refractivity contribution is 6.21. The average Bonchev–Trinajstić information content (AvgIpc) is 0.758. The Bertz CT molecular complexity index is 3490. The Hall–Kier alpha value is -5.56. The van der Waals surface area contributed by atoms with Crippen LogP contribution in [-0.2, 0) is 43.1 Å². The number of likely N-dealkylation sites (N-methyl/N-ethyl adjacent to an activating group) is 1. The van der Waals surface area contributed by atoms with Crippen LogP contribution in [0.4, 0.5) is 0 Å². The number of unbranched alkanes of at least 4 members (excludes halogenated alkanes) is 6. The average molecular weight is 1660 g/mol. The molecule has 0 spiro atoms. The molecule has 1 aromatic rings. The van der Waals surface area contributed by atoms with Crippen LogP contribution in [0.1, 0.15) is 186 Å². The van der Waals surface area contributed by atoms with Crippen molar-refractivity contribution in [3.8, 4) is 17.2 Å². The van der Waals surface area contributed by atoms with Crippen LogP contribution in [0, 0.1) is 71.0 Å². The Morgan fingerprint density at radius 1 is 0.591 bits per heavy atom. The van der Waals surface area contributed by atoms with Crippen molar-refractivity contribution in [1.82, 2.24) is 53.2 Å². The molecule has 8 amide bonds. The molecule has 0 aromatic heterocycles. The van der Waals surface area contributed by atoms with E-state index in [1.807, 2.05) is 13.8 Å². The van der Waals surface area contributed by atoms with E-state index in [-0.39, 0.29) is 118 Å². The minimum Gasteiger partial charge on any atom is -0.485 e.